The molecule has 1 fully saturated rings. The molecule has 10 heteroatoms. The molecule has 0 saturated carbocycles. The van der Waals surface area contributed by atoms with Gasteiger partial charge in [-0.2, -0.15) is 0 Å². The van der Waals surface area contributed by atoms with E-state index in [1.165, 1.54) is 22.7 Å². The van der Waals surface area contributed by atoms with Gasteiger partial charge in [-0.1, -0.05) is 43.8 Å². The molecule has 8 nitrogen and oxygen atoms in total. The quantitative estimate of drug-likeness (QED) is 0.573. The maximum Gasteiger partial charge on any atom is 0.242 e. The summed E-state index contributed by atoms with van der Waals surface area (Å²) in [4.78, 5) is 28.9. The largest absolute Gasteiger partial charge is 0.370 e. The minimum Gasteiger partial charge on any atom is -0.370 e. The normalized spacial score (nSPS) is 17.3. The summed E-state index contributed by atoms with van der Waals surface area (Å²) in [6, 6.07) is 6.44. The molecule has 1 saturated heterocycles. The van der Waals surface area contributed by atoms with Crippen LogP contribution >= 0.6 is 11.8 Å². The Labute approximate surface area is 185 Å². The van der Waals surface area contributed by atoms with Gasteiger partial charge >= 0.3 is 0 Å². The van der Waals surface area contributed by atoms with E-state index in [2.05, 4.69) is 10.2 Å². The molecule has 31 heavy (non-hydrogen) atoms. The van der Waals surface area contributed by atoms with Gasteiger partial charge < -0.3 is 19.1 Å². The lowest BCUT2D eigenvalue weighted by atomic mass is 10.2. The maximum absolute atomic E-state index is 14.0. The van der Waals surface area contributed by atoms with Gasteiger partial charge in [0.15, 0.2) is 5.16 Å². The Morgan fingerprint density at radius 3 is 2.77 bits per heavy atom. The van der Waals surface area contributed by atoms with Crippen molar-refractivity contribution in [3.8, 4) is 0 Å². The third-order valence-corrected chi connectivity index (χ3v) is 5.91. The van der Waals surface area contributed by atoms with Crippen LogP contribution in [-0.4, -0.2) is 74.4 Å². The number of ether oxygens (including phenoxy) is 1. The number of carbonyl (C=O) groups is 2. The number of hydrogen-bond donors (Lipinski definition) is 0. The van der Waals surface area contributed by atoms with E-state index >= 15 is 0 Å². The Kier molecular flexibility index (Phi) is 8.03. The maximum atomic E-state index is 14.0. The second-order valence-electron chi connectivity index (χ2n) is 8.00. The van der Waals surface area contributed by atoms with Crippen LogP contribution in [0.1, 0.15) is 19.4 Å². The van der Waals surface area contributed by atoms with Gasteiger partial charge in [-0.05, 0) is 12.0 Å². The summed E-state index contributed by atoms with van der Waals surface area (Å²) >= 11 is 1.27. The standard InChI is InChI=1S/C21H28FN5O3S/c1-15(2)8-26-9-17(30-12-16-6-4-5-7-18(16)22)10-27(11-19(26)28)20(29)13-31-21-24-23-14-25(21)3/h4-7,14-15,17H,8-13H2,1-3H3/t17-/m0/s1. The molecule has 1 atom stereocenters. The molecule has 0 N–H and O–H groups in total. The zero-order chi connectivity index (χ0) is 22.4. The van der Waals surface area contributed by atoms with Gasteiger partial charge in [-0.15, -0.1) is 10.2 Å². The van der Waals surface area contributed by atoms with Gasteiger partial charge in [0, 0.05) is 32.2 Å². The van der Waals surface area contributed by atoms with E-state index in [0.717, 1.165) is 0 Å². The molecule has 1 aliphatic rings. The molecule has 1 aromatic carbocycles. The van der Waals surface area contributed by atoms with E-state index in [1.54, 1.807) is 41.0 Å². The number of hydrogen-bond acceptors (Lipinski definition) is 6. The summed E-state index contributed by atoms with van der Waals surface area (Å²) in [7, 11) is 1.80. The van der Waals surface area contributed by atoms with Crippen molar-refractivity contribution in [3.05, 3.63) is 42.0 Å². The molecular weight excluding hydrogens is 421 g/mol. The highest BCUT2D eigenvalue weighted by Crippen LogP contribution is 2.18. The fourth-order valence-electron chi connectivity index (χ4n) is 3.34. The van der Waals surface area contributed by atoms with E-state index in [1.807, 2.05) is 13.8 Å². The van der Waals surface area contributed by atoms with Crippen LogP contribution in [0.2, 0.25) is 0 Å². The van der Waals surface area contributed by atoms with Crippen LogP contribution in [0, 0.1) is 11.7 Å². The average Bonchev–Trinajstić information content (AvgIpc) is 3.07. The van der Waals surface area contributed by atoms with Gasteiger partial charge in [-0.25, -0.2) is 4.39 Å². The van der Waals surface area contributed by atoms with Gasteiger partial charge in [-0.3, -0.25) is 9.59 Å². The van der Waals surface area contributed by atoms with Crippen LogP contribution in [0.4, 0.5) is 4.39 Å². The molecule has 2 aromatic rings. The Hall–Kier alpha value is -2.46. The number of aryl methyl sites for hydroxylation is 1. The van der Waals surface area contributed by atoms with Gasteiger partial charge in [0.1, 0.15) is 12.1 Å². The number of aromatic nitrogens is 3. The van der Waals surface area contributed by atoms with Gasteiger partial charge in [0.2, 0.25) is 11.8 Å². The number of amides is 2. The predicted molar refractivity (Wildman–Crippen MR) is 115 cm³/mol. The van der Waals surface area contributed by atoms with Crippen LogP contribution in [0.25, 0.3) is 0 Å². The monoisotopic (exact) mass is 449 g/mol. The van der Waals surface area contributed by atoms with Crippen LogP contribution in [0.15, 0.2) is 35.7 Å². The highest BCUT2D eigenvalue weighted by molar-refractivity contribution is 7.99. The summed E-state index contributed by atoms with van der Waals surface area (Å²) in [5.41, 5.74) is 0.448. The summed E-state index contributed by atoms with van der Waals surface area (Å²) in [6.45, 7) is 5.37. The number of carbonyl (C=O) groups excluding carboxylic acids is 2. The first kappa shape index (κ1) is 23.2. The fourth-order valence-corrected chi connectivity index (χ4v) is 4.13. The van der Waals surface area contributed by atoms with Crippen LogP contribution < -0.4 is 0 Å². The highest BCUT2D eigenvalue weighted by Gasteiger charge is 2.31. The SMILES string of the molecule is CC(C)CN1C[C@H](OCc2ccccc2F)CN(C(=O)CSc2nncn2C)CC1=O. The van der Waals surface area contributed by atoms with E-state index in [0.29, 0.717) is 23.8 Å². The fraction of sp³-hybridized carbons (Fsp3) is 0.524. The van der Waals surface area contributed by atoms with E-state index in [-0.39, 0.29) is 49.0 Å². The summed E-state index contributed by atoms with van der Waals surface area (Å²) < 4.78 is 21.7. The number of nitrogens with zero attached hydrogens (tertiary/aromatic N) is 5. The van der Waals surface area contributed by atoms with Crippen LogP contribution in [0.5, 0.6) is 0 Å². The summed E-state index contributed by atoms with van der Waals surface area (Å²) in [6.07, 6.45) is 1.16. The Bertz CT molecular complexity index is 907. The predicted octanol–water partition coefficient (Wildman–Crippen LogP) is 1.96. The molecule has 1 aromatic heterocycles. The van der Waals surface area contributed by atoms with Gasteiger partial charge in [0.05, 0.1) is 25.0 Å². The van der Waals surface area contributed by atoms with E-state index in [9.17, 15) is 14.0 Å². The first-order valence-corrected chi connectivity index (χ1v) is 11.2. The number of halogens is 1. The molecule has 3 rings (SSSR count). The topological polar surface area (TPSA) is 80.6 Å². The number of benzene rings is 1. The second kappa shape index (κ2) is 10.7. The van der Waals surface area contributed by atoms with Crippen molar-refractivity contribution < 1.29 is 18.7 Å². The van der Waals surface area contributed by atoms with Crippen molar-refractivity contribution in [2.75, 3.05) is 31.9 Å². The van der Waals surface area contributed by atoms with Gasteiger partial charge in [0.25, 0.3) is 0 Å². The average molecular weight is 450 g/mol. The molecule has 0 aliphatic carbocycles. The third-order valence-electron chi connectivity index (χ3n) is 4.89. The van der Waals surface area contributed by atoms with Crippen molar-refractivity contribution in [2.45, 2.75) is 31.7 Å². The number of rotatable bonds is 8. The number of thioether (sulfide) groups is 1. The first-order chi connectivity index (χ1) is 14.8. The van der Waals surface area contributed by atoms with E-state index < -0.39 is 6.10 Å². The lowest BCUT2D eigenvalue weighted by molar-refractivity contribution is -0.137. The smallest absolute Gasteiger partial charge is 0.242 e. The molecule has 0 unspecified atom stereocenters. The van der Waals surface area contributed by atoms with Crippen molar-refractivity contribution in [1.29, 1.82) is 0 Å². The summed E-state index contributed by atoms with van der Waals surface area (Å²) in [5.74, 6) is -0.191. The Balaban J connectivity index is 1.68. The molecule has 1 aliphatic heterocycles. The first-order valence-electron chi connectivity index (χ1n) is 10.2. The lowest BCUT2D eigenvalue weighted by Gasteiger charge is -2.26. The minimum atomic E-state index is -0.409. The molecule has 168 valence electrons. The third kappa shape index (κ3) is 6.51. The molecule has 0 spiro atoms. The van der Waals surface area contributed by atoms with Crippen molar-refractivity contribution in [2.24, 2.45) is 13.0 Å². The molecule has 2 heterocycles. The Morgan fingerprint density at radius 1 is 1.32 bits per heavy atom. The summed E-state index contributed by atoms with van der Waals surface area (Å²) in [5, 5.41) is 8.40. The molecule has 0 bridgehead atoms. The molecule has 2 amide bonds. The Morgan fingerprint density at radius 2 is 2.10 bits per heavy atom. The molecular formula is C21H28FN5O3S. The zero-order valence-corrected chi connectivity index (χ0v) is 18.8. The van der Waals surface area contributed by atoms with Crippen molar-refractivity contribution in [1.82, 2.24) is 24.6 Å². The van der Waals surface area contributed by atoms with Crippen LogP contribution in [0.3, 0.4) is 0 Å². The van der Waals surface area contributed by atoms with E-state index in [4.69, 9.17) is 4.74 Å². The lowest BCUT2D eigenvalue weighted by Crippen LogP contribution is -2.41. The minimum absolute atomic E-state index is 0.00445. The van der Waals surface area contributed by atoms with Crippen LogP contribution in [-0.2, 0) is 28.0 Å². The highest BCUT2D eigenvalue weighted by atomic mass is 32.2. The second-order valence-corrected chi connectivity index (χ2v) is 8.95. The van der Waals surface area contributed by atoms with Crippen molar-refractivity contribution in [3.63, 3.8) is 0 Å². The van der Waals surface area contributed by atoms with Crippen molar-refractivity contribution >= 4 is 23.6 Å². The molecule has 0 radical (unpaired) electrons. The zero-order valence-electron chi connectivity index (χ0n) is 18.0.